The first-order valence-corrected chi connectivity index (χ1v) is 11.1. The number of carbonyl (C=O) groups is 1. The Kier molecular flexibility index (Phi) is 7.42. The van der Waals surface area contributed by atoms with Crippen LogP contribution in [0.4, 0.5) is 0 Å². The summed E-state index contributed by atoms with van der Waals surface area (Å²) < 4.78 is 11.2. The maximum Gasteiger partial charge on any atom is 0.345 e. The highest BCUT2D eigenvalue weighted by molar-refractivity contribution is 5.77. The van der Waals surface area contributed by atoms with Crippen LogP contribution in [0.5, 0.6) is 17.2 Å². The number of nitrogens with zero attached hydrogens (tertiary/aromatic N) is 1. The van der Waals surface area contributed by atoms with Gasteiger partial charge < -0.3 is 24.9 Å². The average Bonchev–Trinajstić information content (AvgIpc) is 2.87. The van der Waals surface area contributed by atoms with Gasteiger partial charge in [-0.3, -0.25) is 4.79 Å². The zero-order valence-corrected chi connectivity index (χ0v) is 19.2. The zero-order chi connectivity index (χ0) is 24.6. The number of para-hydroxylation sites is 1. The predicted molar refractivity (Wildman–Crippen MR) is 133 cm³/mol. The molecule has 0 saturated heterocycles. The Morgan fingerprint density at radius 1 is 0.943 bits per heavy atom. The van der Waals surface area contributed by atoms with Crippen LogP contribution in [-0.4, -0.2) is 40.7 Å². The standard InChI is InChI=1S/C27H25N3O5/c1-18-14-20(10-11-25(18)31)24-16-23(29-27(33)30-24)19-6-5-9-22(15-19)35-17-26(32)28-12-13-34-21-7-3-2-4-8-21/h2-11,14-16,31H,12-13,17H2,1H3,(H,28,32)(H,29,30,33). The lowest BCUT2D eigenvalue weighted by atomic mass is 10.1. The Hall–Kier alpha value is -4.59. The van der Waals surface area contributed by atoms with Crippen molar-refractivity contribution < 1.29 is 19.4 Å². The molecule has 178 valence electrons. The Bertz CT molecular complexity index is 1370. The van der Waals surface area contributed by atoms with Crippen LogP contribution >= 0.6 is 0 Å². The molecule has 4 rings (SSSR count). The third-order valence-electron chi connectivity index (χ3n) is 5.19. The second kappa shape index (κ2) is 11.0. The number of aryl methyl sites for hydroxylation is 1. The molecule has 1 heterocycles. The maximum atomic E-state index is 12.2. The van der Waals surface area contributed by atoms with Gasteiger partial charge in [-0.2, -0.15) is 4.98 Å². The number of aromatic nitrogens is 2. The molecule has 0 radical (unpaired) electrons. The van der Waals surface area contributed by atoms with Crippen molar-refractivity contribution in [3.63, 3.8) is 0 Å². The molecule has 1 aromatic heterocycles. The number of H-pyrrole nitrogens is 1. The summed E-state index contributed by atoms with van der Waals surface area (Å²) in [6.07, 6.45) is 0. The molecule has 0 saturated carbocycles. The molecule has 4 aromatic rings. The van der Waals surface area contributed by atoms with Crippen LogP contribution < -0.4 is 20.5 Å². The third kappa shape index (κ3) is 6.48. The molecule has 3 aromatic carbocycles. The highest BCUT2D eigenvalue weighted by Crippen LogP contribution is 2.27. The van der Waals surface area contributed by atoms with E-state index < -0.39 is 5.69 Å². The van der Waals surface area contributed by atoms with Crippen molar-refractivity contribution in [2.24, 2.45) is 0 Å². The molecule has 0 aliphatic carbocycles. The summed E-state index contributed by atoms with van der Waals surface area (Å²) in [5.74, 6) is 1.14. The van der Waals surface area contributed by atoms with Crippen molar-refractivity contribution in [2.45, 2.75) is 6.92 Å². The van der Waals surface area contributed by atoms with Crippen LogP contribution in [0.15, 0.2) is 83.7 Å². The topological polar surface area (TPSA) is 114 Å². The average molecular weight is 472 g/mol. The molecular weight excluding hydrogens is 446 g/mol. The highest BCUT2D eigenvalue weighted by Gasteiger charge is 2.09. The number of hydrogen-bond donors (Lipinski definition) is 3. The molecule has 0 spiro atoms. The fourth-order valence-electron chi connectivity index (χ4n) is 3.41. The number of rotatable bonds is 9. The minimum Gasteiger partial charge on any atom is -0.508 e. The Morgan fingerprint density at radius 3 is 2.54 bits per heavy atom. The Balaban J connectivity index is 1.37. The fraction of sp³-hybridized carbons (Fsp3) is 0.148. The normalized spacial score (nSPS) is 10.5. The molecular formula is C27H25N3O5. The largest absolute Gasteiger partial charge is 0.508 e. The maximum absolute atomic E-state index is 12.2. The van der Waals surface area contributed by atoms with Crippen molar-refractivity contribution in [3.8, 4) is 39.8 Å². The van der Waals surface area contributed by atoms with Gasteiger partial charge in [-0.15, -0.1) is 0 Å². The Morgan fingerprint density at radius 2 is 1.74 bits per heavy atom. The van der Waals surface area contributed by atoms with Crippen LogP contribution in [0.1, 0.15) is 5.56 Å². The second-order valence-electron chi connectivity index (χ2n) is 7.81. The van der Waals surface area contributed by atoms with E-state index in [0.717, 1.165) is 5.75 Å². The zero-order valence-electron chi connectivity index (χ0n) is 19.2. The minimum atomic E-state index is -0.494. The quantitative estimate of drug-likeness (QED) is 0.321. The number of benzene rings is 3. The van der Waals surface area contributed by atoms with E-state index in [4.69, 9.17) is 9.47 Å². The van der Waals surface area contributed by atoms with Gasteiger partial charge in [0.05, 0.1) is 17.9 Å². The number of aromatic amines is 1. The summed E-state index contributed by atoms with van der Waals surface area (Å²) in [6, 6.07) is 23.2. The van der Waals surface area contributed by atoms with E-state index in [1.54, 1.807) is 49.4 Å². The van der Waals surface area contributed by atoms with E-state index in [0.29, 0.717) is 47.0 Å². The van der Waals surface area contributed by atoms with Crippen molar-refractivity contribution >= 4 is 5.91 Å². The van der Waals surface area contributed by atoms with Crippen molar-refractivity contribution in [1.29, 1.82) is 0 Å². The predicted octanol–water partition coefficient (Wildman–Crippen LogP) is 3.69. The number of aromatic hydroxyl groups is 1. The first-order chi connectivity index (χ1) is 17.0. The summed E-state index contributed by atoms with van der Waals surface area (Å²) in [6.45, 7) is 2.33. The van der Waals surface area contributed by atoms with E-state index in [2.05, 4.69) is 15.3 Å². The number of amides is 1. The molecule has 35 heavy (non-hydrogen) atoms. The fourth-order valence-corrected chi connectivity index (χ4v) is 3.41. The first-order valence-electron chi connectivity index (χ1n) is 11.1. The molecule has 0 bridgehead atoms. The molecule has 0 aliphatic heterocycles. The van der Waals surface area contributed by atoms with Gasteiger partial charge in [0, 0.05) is 11.1 Å². The molecule has 0 unspecified atom stereocenters. The smallest absolute Gasteiger partial charge is 0.345 e. The number of hydrogen-bond acceptors (Lipinski definition) is 6. The molecule has 8 heteroatoms. The van der Waals surface area contributed by atoms with Crippen LogP contribution in [0.25, 0.3) is 22.5 Å². The lowest BCUT2D eigenvalue weighted by Gasteiger charge is -2.10. The van der Waals surface area contributed by atoms with Crippen molar-refractivity contribution in [1.82, 2.24) is 15.3 Å². The van der Waals surface area contributed by atoms with E-state index in [1.807, 2.05) is 36.4 Å². The second-order valence-corrected chi connectivity index (χ2v) is 7.81. The van der Waals surface area contributed by atoms with Gasteiger partial charge in [0.1, 0.15) is 23.9 Å². The van der Waals surface area contributed by atoms with E-state index >= 15 is 0 Å². The molecule has 0 atom stereocenters. The molecule has 3 N–H and O–H groups in total. The summed E-state index contributed by atoms with van der Waals surface area (Å²) in [5, 5.41) is 12.5. The number of phenols is 1. The summed E-state index contributed by atoms with van der Waals surface area (Å²) in [7, 11) is 0. The van der Waals surface area contributed by atoms with Gasteiger partial charge in [-0.05, 0) is 61.0 Å². The van der Waals surface area contributed by atoms with Gasteiger partial charge in [0.25, 0.3) is 5.91 Å². The lowest BCUT2D eigenvalue weighted by Crippen LogP contribution is -2.32. The third-order valence-corrected chi connectivity index (χ3v) is 5.19. The van der Waals surface area contributed by atoms with Crippen LogP contribution in [0, 0.1) is 6.92 Å². The minimum absolute atomic E-state index is 0.153. The summed E-state index contributed by atoms with van der Waals surface area (Å²) in [5.41, 5.74) is 2.65. The number of phenolic OH excluding ortho intramolecular Hbond substituents is 1. The van der Waals surface area contributed by atoms with Gasteiger partial charge in [0.2, 0.25) is 0 Å². The molecule has 0 fully saturated rings. The monoisotopic (exact) mass is 471 g/mol. The van der Waals surface area contributed by atoms with Crippen LogP contribution in [0.2, 0.25) is 0 Å². The molecule has 8 nitrogen and oxygen atoms in total. The van der Waals surface area contributed by atoms with E-state index in [9.17, 15) is 14.7 Å². The van der Waals surface area contributed by atoms with E-state index in [-0.39, 0.29) is 18.3 Å². The van der Waals surface area contributed by atoms with Crippen molar-refractivity contribution in [2.75, 3.05) is 19.8 Å². The molecule has 0 aliphatic rings. The van der Waals surface area contributed by atoms with Gasteiger partial charge in [-0.25, -0.2) is 4.79 Å². The van der Waals surface area contributed by atoms with E-state index in [1.165, 1.54) is 0 Å². The Labute approximate surface area is 202 Å². The highest BCUT2D eigenvalue weighted by atomic mass is 16.5. The number of carbonyl (C=O) groups excluding carboxylic acids is 1. The first kappa shape index (κ1) is 23.6. The van der Waals surface area contributed by atoms with Gasteiger partial charge >= 0.3 is 5.69 Å². The van der Waals surface area contributed by atoms with Gasteiger partial charge in [0.15, 0.2) is 6.61 Å². The lowest BCUT2D eigenvalue weighted by molar-refractivity contribution is -0.123. The van der Waals surface area contributed by atoms with Crippen molar-refractivity contribution in [3.05, 3.63) is 94.9 Å². The number of nitrogens with one attached hydrogen (secondary N) is 2. The SMILES string of the molecule is Cc1cc(-c2cc(-c3cccc(OCC(=O)NCCOc4ccccc4)c3)[nH]c(=O)n2)ccc1O. The van der Waals surface area contributed by atoms with Gasteiger partial charge in [-0.1, -0.05) is 30.3 Å². The summed E-state index contributed by atoms with van der Waals surface area (Å²) >= 11 is 0. The van der Waals surface area contributed by atoms with Crippen LogP contribution in [-0.2, 0) is 4.79 Å². The van der Waals surface area contributed by atoms with Crippen LogP contribution in [0.3, 0.4) is 0 Å². The number of ether oxygens (including phenoxy) is 2. The summed E-state index contributed by atoms with van der Waals surface area (Å²) in [4.78, 5) is 31.1. The molecule has 1 amide bonds.